The molecule has 0 bridgehead atoms. The van der Waals surface area contributed by atoms with E-state index in [1.54, 1.807) is 18.2 Å². The van der Waals surface area contributed by atoms with Crippen LogP contribution >= 0.6 is 11.6 Å². The van der Waals surface area contributed by atoms with Gasteiger partial charge in [0.25, 0.3) is 5.91 Å². The Balaban J connectivity index is 1.94. The van der Waals surface area contributed by atoms with Crippen molar-refractivity contribution in [2.75, 3.05) is 11.9 Å². The Bertz CT molecular complexity index is 770. The lowest BCUT2D eigenvalue weighted by atomic mass is 10.1. The van der Waals surface area contributed by atoms with Crippen LogP contribution in [0.5, 0.6) is 5.75 Å². The smallest absolute Gasteiger partial charge is 0.331 e. The van der Waals surface area contributed by atoms with Gasteiger partial charge in [-0.3, -0.25) is 9.48 Å². The minimum absolute atomic E-state index is 0.186. The summed E-state index contributed by atoms with van der Waals surface area (Å²) in [5, 5.41) is 16.4. The van der Waals surface area contributed by atoms with E-state index in [0.717, 1.165) is 5.56 Å². The Labute approximate surface area is 144 Å². The first kappa shape index (κ1) is 17.8. The van der Waals surface area contributed by atoms with E-state index in [1.165, 1.54) is 30.9 Å². The number of carbonyl (C=O) groups is 2. The van der Waals surface area contributed by atoms with Crippen molar-refractivity contribution in [3.8, 4) is 5.75 Å². The van der Waals surface area contributed by atoms with Gasteiger partial charge in [0.15, 0.2) is 12.1 Å². The van der Waals surface area contributed by atoms with Gasteiger partial charge in [0.05, 0.1) is 11.9 Å². The van der Waals surface area contributed by atoms with Gasteiger partial charge >= 0.3 is 5.97 Å². The Morgan fingerprint density at radius 2 is 2.12 bits per heavy atom. The molecule has 8 heteroatoms. The van der Waals surface area contributed by atoms with Gasteiger partial charge in [0.2, 0.25) is 0 Å². The number of halogens is 1. The first-order valence-corrected chi connectivity index (χ1v) is 7.55. The molecule has 0 aliphatic rings. The number of rotatable bonds is 6. The van der Waals surface area contributed by atoms with Crippen molar-refractivity contribution >= 4 is 29.2 Å². The van der Waals surface area contributed by atoms with Gasteiger partial charge in [-0.25, -0.2) is 4.79 Å². The van der Waals surface area contributed by atoms with Crippen molar-refractivity contribution in [2.45, 2.75) is 26.3 Å². The number of anilines is 1. The Kier molecular flexibility index (Phi) is 5.14. The minimum Gasteiger partial charge on any atom is -0.484 e. The molecule has 0 spiro atoms. The van der Waals surface area contributed by atoms with E-state index >= 15 is 0 Å². The third-order valence-electron chi connectivity index (χ3n) is 3.46. The molecule has 1 aromatic carbocycles. The fourth-order valence-corrected chi connectivity index (χ4v) is 1.96. The highest BCUT2D eigenvalue weighted by atomic mass is 35.5. The molecule has 1 heterocycles. The molecule has 0 atom stereocenters. The molecule has 0 saturated heterocycles. The number of benzene rings is 1. The van der Waals surface area contributed by atoms with Crippen molar-refractivity contribution in [3.63, 3.8) is 0 Å². The van der Waals surface area contributed by atoms with Crippen LogP contribution in [0.1, 0.15) is 19.4 Å². The largest absolute Gasteiger partial charge is 0.484 e. The molecule has 2 aromatic rings. The van der Waals surface area contributed by atoms with E-state index in [4.69, 9.17) is 21.4 Å². The number of hydrogen-bond acceptors (Lipinski definition) is 4. The molecule has 0 radical (unpaired) electrons. The summed E-state index contributed by atoms with van der Waals surface area (Å²) in [4.78, 5) is 23.1. The summed E-state index contributed by atoms with van der Waals surface area (Å²) in [6.07, 6.45) is 2.84. The first-order valence-electron chi connectivity index (χ1n) is 7.17. The molecule has 0 aliphatic carbocycles. The molecule has 1 aromatic heterocycles. The molecular formula is C16H18ClN3O4. The van der Waals surface area contributed by atoms with Crippen LogP contribution in [0.3, 0.4) is 0 Å². The molecule has 1 amide bonds. The topological polar surface area (TPSA) is 93.5 Å². The fraction of sp³-hybridized carbons (Fsp3) is 0.312. The number of aromatic nitrogens is 2. The molecule has 0 unspecified atom stereocenters. The predicted molar refractivity (Wildman–Crippen MR) is 89.5 cm³/mol. The van der Waals surface area contributed by atoms with E-state index in [1.807, 2.05) is 6.92 Å². The van der Waals surface area contributed by atoms with Gasteiger partial charge in [-0.2, -0.15) is 5.10 Å². The zero-order valence-electron chi connectivity index (χ0n) is 13.5. The predicted octanol–water partition coefficient (Wildman–Crippen LogP) is 2.68. The quantitative estimate of drug-likeness (QED) is 0.834. The van der Waals surface area contributed by atoms with Crippen molar-refractivity contribution in [1.82, 2.24) is 9.78 Å². The Morgan fingerprint density at radius 3 is 2.75 bits per heavy atom. The number of carboxylic acids is 1. The van der Waals surface area contributed by atoms with Crippen LogP contribution < -0.4 is 10.1 Å². The molecule has 128 valence electrons. The summed E-state index contributed by atoms with van der Waals surface area (Å²) < 4.78 is 6.67. The zero-order valence-corrected chi connectivity index (χ0v) is 14.3. The molecule has 0 saturated carbocycles. The lowest BCUT2D eigenvalue weighted by molar-refractivity contribution is -0.146. The number of nitrogens with one attached hydrogen (secondary N) is 1. The second-order valence-corrected chi connectivity index (χ2v) is 6.19. The van der Waals surface area contributed by atoms with Crippen LogP contribution in [-0.4, -0.2) is 33.4 Å². The monoisotopic (exact) mass is 351 g/mol. The van der Waals surface area contributed by atoms with Gasteiger partial charge in [-0.05, 0) is 44.5 Å². The molecule has 2 rings (SSSR count). The number of hydrogen-bond donors (Lipinski definition) is 2. The highest BCUT2D eigenvalue weighted by Gasteiger charge is 2.30. The number of carbonyl (C=O) groups excluding carboxylic acids is 1. The molecular weight excluding hydrogens is 334 g/mol. The summed E-state index contributed by atoms with van der Waals surface area (Å²) in [5.74, 6) is -0.866. The summed E-state index contributed by atoms with van der Waals surface area (Å²) >= 11 is 5.93. The van der Waals surface area contributed by atoms with Crippen molar-refractivity contribution < 1.29 is 19.4 Å². The molecule has 24 heavy (non-hydrogen) atoms. The first-order chi connectivity index (χ1) is 11.2. The van der Waals surface area contributed by atoms with Crippen molar-refractivity contribution in [3.05, 3.63) is 41.2 Å². The molecule has 0 fully saturated rings. The summed E-state index contributed by atoms with van der Waals surface area (Å²) in [5.41, 5.74) is 0.0392. The van der Waals surface area contributed by atoms with Crippen LogP contribution in [0.15, 0.2) is 30.6 Å². The van der Waals surface area contributed by atoms with Gasteiger partial charge in [-0.1, -0.05) is 11.6 Å². The minimum atomic E-state index is -1.21. The Hall–Kier alpha value is -2.54. The maximum Gasteiger partial charge on any atom is 0.331 e. The van der Waals surface area contributed by atoms with E-state index in [9.17, 15) is 9.59 Å². The highest BCUT2D eigenvalue weighted by molar-refractivity contribution is 6.31. The lowest BCUT2D eigenvalue weighted by Crippen LogP contribution is -2.35. The number of aryl methyl sites for hydroxylation is 1. The molecule has 7 nitrogen and oxygen atoms in total. The van der Waals surface area contributed by atoms with Crippen LogP contribution in [0.2, 0.25) is 5.02 Å². The third kappa shape index (κ3) is 4.05. The number of carboxylic acid groups (broad SMARTS) is 1. The van der Waals surface area contributed by atoms with E-state index in [2.05, 4.69) is 10.4 Å². The summed E-state index contributed by atoms with van der Waals surface area (Å²) in [6.45, 7) is 4.68. The van der Waals surface area contributed by atoms with Gasteiger partial charge in [0.1, 0.15) is 5.75 Å². The average molecular weight is 352 g/mol. The van der Waals surface area contributed by atoms with Crippen LogP contribution in [-0.2, 0) is 15.1 Å². The number of ether oxygens (including phenoxy) is 1. The number of nitrogens with zero attached hydrogens (tertiary/aromatic N) is 2. The standard InChI is InChI=1S/C16H18ClN3O4/c1-10-6-12(4-5-13(10)17)24-9-14(21)19-11-7-18-20(8-11)16(2,3)15(22)23/h4-8H,9H2,1-3H3,(H,19,21)(H,22,23). The average Bonchev–Trinajstić information content (AvgIpc) is 2.97. The van der Waals surface area contributed by atoms with E-state index in [0.29, 0.717) is 16.5 Å². The van der Waals surface area contributed by atoms with Gasteiger partial charge in [0, 0.05) is 11.2 Å². The maximum atomic E-state index is 11.9. The van der Waals surface area contributed by atoms with E-state index < -0.39 is 11.5 Å². The van der Waals surface area contributed by atoms with Gasteiger partial charge < -0.3 is 15.2 Å². The summed E-state index contributed by atoms with van der Waals surface area (Å²) in [7, 11) is 0. The van der Waals surface area contributed by atoms with E-state index in [-0.39, 0.29) is 12.5 Å². The molecule has 2 N–H and O–H groups in total. The Morgan fingerprint density at radius 1 is 1.42 bits per heavy atom. The lowest BCUT2D eigenvalue weighted by Gasteiger charge is -2.19. The van der Waals surface area contributed by atoms with Crippen molar-refractivity contribution in [1.29, 1.82) is 0 Å². The number of aliphatic carboxylic acids is 1. The third-order valence-corrected chi connectivity index (χ3v) is 3.89. The maximum absolute atomic E-state index is 11.9. The van der Waals surface area contributed by atoms with Crippen molar-refractivity contribution in [2.24, 2.45) is 0 Å². The fourth-order valence-electron chi connectivity index (χ4n) is 1.84. The highest BCUT2D eigenvalue weighted by Crippen LogP contribution is 2.21. The normalized spacial score (nSPS) is 11.2. The second-order valence-electron chi connectivity index (χ2n) is 5.79. The van der Waals surface area contributed by atoms with Gasteiger partial charge in [-0.15, -0.1) is 0 Å². The molecule has 0 aliphatic heterocycles. The van der Waals surface area contributed by atoms with Crippen LogP contribution in [0, 0.1) is 6.92 Å². The SMILES string of the molecule is Cc1cc(OCC(=O)Nc2cnn(C(C)(C)C(=O)O)c2)ccc1Cl. The van der Waals surface area contributed by atoms with Crippen LogP contribution in [0.4, 0.5) is 5.69 Å². The number of amides is 1. The van der Waals surface area contributed by atoms with Crippen LogP contribution in [0.25, 0.3) is 0 Å². The second kappa shape index (κ2) is 6.92. The summed E-state index contributed by atoms with van der Waals surface area (Å²) in [6, 6.07) is 5.11. The zero-order chi connectivity index (χ0) is 17.9.